The minimum Gasteiger partial charge on any atom is -0.478 e. The van der Waals surface area contributed by atoms with Crippen molar-refractivity contribution < 1.29 is 28.0 Å². The molecule has 3 rings (SSSR count). The Morgan fingerprint density at radius 3 is 2.71 bits per heavy atom. The number of aryl methyl sites for hydroxylation is 3. The lowest BCUT2D eigenvalue weighted by molar-refractivity contribution is -0.121. The highest BCUT2D eigenvalue weighted by molar-refractivity contribution is 5.88. The van der Waals surface area contributed by atoms with Crippen molar-refractivity contribution in [1.29, 1.82) is 0 Å². The fourth-order valence-electron chi connectivity index (χ4n) is 2.60. The molecule has 0 saturated carbocycles. The van der Waals surface area contributed by atoms with Crippen molar-refractivity contribution in [3.63, 3.8) is 0 Å². The number of carbonyl (C=O) groups excluding carboxylic acids is 1. The van der Waals surface area contributed by atoms with Crippen LogP contribution in [0.1, 0.15) is 39.8 Å². The van der Waals surface area contributed by atoms with Crippen LogP contribution >= 0.6 is 0 Å². The molecule has 1 amide bonds. The molecule has 3 aromatic rings. The van der Waals surface area contributed by atoms with Crippen LogP contribution in [-0.4, -0.2) is 27.1 Å². The number of nitrogens with one attached hydrogen (secondary N) is 1. The number of furan rings is 1. The summed E-state index contributed by atoms with van der Waals surface area (Å²) in [5, 5.41) is 15.5. The first-order valence-corrected chi connectivity index (χ1v) is 8.52. The standard InChI is InChI=1S/C19H18FN3O5/c1-10-7-12(3-4-15(10)20)18-22-17(28-23-18)6-5-16(24)21-9-13-8-14(19(25)26)11(2)27-13/h3-4,7-8H,5-6,9H2,1-2H3,(H,21,24)(H,25,26). The second-order valence-corrected chi connectivity index (χ2v) is 6.24. The molecule has 2 aromatic heterocycles. The van der Waals surface area contributed by atoms with E-state index in [2.05, 4.69) is 15.5 Å². The summed E-state index contributed by atoms with van der Waals surface area (Å²) in [4.78, 5) is 27.2. The maximum absolute atomic E-state index is 13.3. The molecular formula is C19H18FN3O5. The van der Waals surface area contributed by atoms with Crippen LogP contribution in [0.2, 0.25) is 0 Å². The fraction of sp³-hybridized carbons (Fsp3) is 0.263. The van der Waals surface area contributed by atoms with Gasteiger partial charge in [-0.1, -0.05) is 5.16 Å². The van der Waals surface area contributed by atoms with Crippen LogP contribution in [-0.2, 0) is 17.8 Å². The normalized spacial score (nSPS) is 10.8. The van der Waals surface area contributed by atoms with Crippen molar-refractivity contribution in [1.82, 2.24) is 15.5 Å². The predicted molar refractivity (Wildman–Crippen MR) is 95.0 cm³/mol. The molecule has 0 saturated heterocycles. The number of aromatic carboxylic acids is 1. The number of rotatable bonds is 7. The molecule has 0 unspecified atom stereocenters. The zero-order valence-corrected chi connectivity index (χ0v) is 15.3. The fourth-order valence-corrected chi connectivity index (χ4v) is 2.60. The summed E-state index contributed by atoms with van der Waals surface area (Å²) in [6.07, 6.45) is 0.339. The molecule has 146 valence electrons. The molecule has 8 nitrogen and oxygen atoms in total. The van der Waals surface area contributed by atoms with Crippen molar-refractivity contribution in [3.05, 3.63) is 58.6 Å². The van der Waals surface area contributed by atoms with Gasteiger partial charge in [0, 0.05) is 18.4 Å². The number of amides is 1. The number of hydrogen-bond donors (Lipinski definition) is 2. The maximum Gasteiger partial charge on any atom is 0.339 e. The largest absolute Gasteiger partial charge is 0.478 e. The first-order chi connectivity index (χ1) is 13.3. The van der Waals surface area contributed by atoms with Crippen molar-refractivity contribution in [2.24, 2.45) is 0 Å². The first-order valence-electron chi connectivity index (χ1n) is 8.52. The third-order valence-electron chi connectivity index (χ3n) is 4.11. The Kier molecular flexibility index (Phi) is 5.53. The molecule has 0 fully saturated rings. The van der Waals surface area contributed by atoms with E-state index in [1.807, 2.05) is 0 Å². The zero-order valence-electron chi connectivity index (χ0n) is 15.3. The third kappa shape index (κ3) is 4.43. The lowest BCUT2D eigenvalue weighted by atomic mass is 10.1. The van der Waals surface area contributed by atoms with Gasteiger partial charge >= 0.3 is 5.97 Å². The van der Waals surface area contributed by atoms with Crippen LogP contribution in [0.15, 0.2) is 33.2 Å². The van der Waals surface area contributed by atoms with E-state index in [1.165, 1.54) is 12.1 Å². The zero-order chi connectivity index (χ0) is 20.3. The van der Waals surface area contributed by atoms with E-state index in [0.29, 0.717) is 22.7 Å². The van der Waals surface area contributed by atoms with E-state index in [4.69, 9.17) is 14.0 Å². The summed E-state index contributed by atoms with van der Waals surface area (Å²) in [6, 6.07) is 5.89. The van der Waals surface area contributed by atoms with Crippen LogP contribution in [0.25, 0.3) is 11.4 Å². The number of carbonyl (C=O) groups is 2. The lowest BCUT2D eigenvalue weighted by Gasteiger charge is -2.01. The number of aromatic nitrogens is 2. The second-order valence-electron chi connectivity index (χ2n) is 6.24. The molecule has 28 heavy (non-hydrogen) atoms. The number of benzene rings is 1. The molecule has 9 heteroatoms. The van der Waals surface area contributed by atoms with E-state index in [0.717, 1.165) is 0 Å². The van der Waals surface area contributed by atoms with Crippen LogP contribution in [0.4, 0.5) is 4.39 Å². The van der Waals surface area contributed by atoms with Crippen LogP contribution in [0.3, 0.4) is 0 Å². The van der Waals surface area contributed by atoms with Gasteiger partial charge in [0.25, 0.3) is 0 Å². The molecule has 0 bridgehead atoms. The van der Waals surface area contributed by atoms with Crippen molar-refractivity contribution >= 4 is 11.9 Å². The van der Waals surface area contributed by atoms with E-state index >= 15 is 0 Å². The molecule has 2 N–H and O–H groups in total. The van der Waals surface area contributed by atoms with Gasteiger partial charge in [0.2, 0.25) is 17.6 Å². The Hall–Kier alpha value is -3.49. The van der Waals surface area contributed by atoms with Crippen LogP contribution < -0.4 is 5.32 Å². The van der Waals surface area contributed by atoms with Gasteiger partial charge in [-0.3, -0.25) is 4.79 Å². The van der Waals surface area contributed by atoms with Gasteiger partial charge in [0.15, 0.2) is 0 Å². The van der Waals surface area contributed by atoms with Gasteiger partial charge in [-0.25, -0.2) is 9.18 Å². The Balaban J connectivity index is 1.52. The lowest BCUT2D eigenvalue weighted by Crippen LogP contribution is -2.22. The van der Waals surface area contributed by atoms with Crippen molar-refractivity contribution in [3.8, 4) is 11.4 Å². The molecule has 0 atom stereocenters. The topological polar surface area (TPSA) is 118 Å². The van der Waals surface area contributed by atoms with Gasteiger partial charge in [-0.15, -0.1) is 0 Å². The number of carboxylic acid groups (broad SMARTS) is 1. The number of hydrogen-bond acceptors (Lipinski definition) is 6. The van der Waals surface area contributed by atoms with Gasteiger partial charge < -0.3 is 19.4 Å². The molecular weight excluding hydrogens is 369 g/mol. The highest BCUT2D eigenvalue weighted by Crippen LogP contribution is 2.19. The highest BCUT2D eigenvalue weighted by atomic mass is 19.1. The van der Waals surface area contributed by atoms with Gasteiger partial charge in [0.05, 0.1) is 6.54 Å². The van der Waals surface area contributed by atoms with Crippen LogP contribution in [0, 0.1) is 19.7 Å². The molecule has 0 spiro atoms. The molecule has 0 aliphatic carbocycles. The Morgan fingerprint density at radius 2 is 2.04 bits per heavy atom. The van der Waals surface area contributed by atoms with E-state index in [1.54, 1.807) is 26.0 Å². The van der Waals surface area contributed by atoms with Gasteiger partial charge in [-0.05, 0) is 43.7 Å². The van der Waals surface area contributed by atoms with Crippen LogP contribution in [0.5, 0.6) is 0 Å². The minimum absolute atomic E-state index is 0.0682. The molecule has 2 heterocycles. The van der Waals surface area contributed by atoms with E-state index < -0.39 is 5.97 Å². The number of halogens is 1. The number of nitrogens with zero attached hydrogens (tertiary/aromatic N) is 2. The van der Waals surface area contributed by atoms with Gasteiger partial charge in [0.1, 0.15) is 22.9 Å². The molecule has 0 aliphatic rings. The van der Waals surface area contributed by atoms with E-state index in [9.17, 15) is 14.0 Å². The van der Waals surface area contributed by atoms with E-state index in [-0.39, 0.29) is 48.3 Å². The average molecular weight is 387 g/mol. The monoisotopic (exact) mass is 387 g/mol. The molecule has 1 aromatic carbocycles. The Morgan fingerprint density at radius 1 is 1.25 bits per heavy atom. The quantitative estimate of drug-likeness (QED) is 0.639. The molecule has 0 radical (unpaired) electrons. The SMILES string of the molecule is Cc1cc(-c2noc(CCC(=O)NCc3cc(C(=O)O)c(C)o3)n2)ccc1F. The Labute approximate surface area is 159 Å². The van der Waals surface area contributed by atoms with Crippen molar-refractivity contribution in [2.45, 2.75) is 33.2 Å². The average Bonchev–Trinajstić information content (AvgIpc) is 3.27. The molecule has 0 aliphatic heterocycles. The van der Waals surface area contributed by atoms with Crippen molar-refractivity contribution in [2.75, 3.05) is 0 Å². The summed E-state index contributed by atoms with van der Waals surface area (Å²) in [6.45, 7) is 3.27. The third-order valence-corrected chi connectivity index (χ3v) is 4.11. The Bertz CT molecular complexity index is 1020. The second kappa shape index (κ2) is 8.03. The summed E-state index contributed by atoms with van der Waals surface area (Å²) >= 11 is 0. The summed E-state index contributed by atoms with van der Waals surface area (Å²) in [5.41, 5.74) is 1.17. The smallest absolute Gasteiger partial charge is 0.339 e. The van der Waals surface area contributed by atoms with Gasteiger partial charge in [-0.2, -0.15) is 4.98 Å². The summed E-state index contributed by atoms with van der Waals surface area (Å²) in [5.74, 6) is -0.418. The highest BCUT2D eigenvalue weighted by Gasteiger charge is 2.15. The first kappa shape index (κ1) is 19.3. The number of carboxylic acids is 1. The minimum atomic E-state index is -1.08. The predicted octanol–water partition coefficient (Wildman–Crippen LogP) is 3.03. The summed E-state index contributed by atoms with van der Waals surface area (Å²) < 4.78 is 23.8. The summed E-state index contributed by atoms with van der Waals surface area (Å²) in [7, 11) is 0. The maximum atomic E-state index is 13.3.